The van der Waals surface area contributed by atoms with Crippen molar-refractivity contribution in [3.63, 3.8) is 0 Å². The number of nitrogen functional groups attached to an aromatic ring is 1. The van der Waals surface area contributed by atoms with Crippen molar-refractivity contribution in [3.8, 4) is 0 Å². The maximum atomic E-state index is 7.94. The zero-order valence-electron chi connectivity index (χ0n) is 13.0. The maximum absolute atomic E-state index is 7.94. The van der Waals surface area contributed by atoms with Crippen LogP contribution < -0.4 is 10.6 Å². The Kier molecular flexibility index (Phi) is 4.13. The summed E-state index contributed by atoms with van der Waals surface area (Å²) in [5.74, 6) is 1.11. The van der Waals surface area contributed by atoms with E-state index in [1.165, 1.54) is 49.8 Å². The van der Waals surface area contributed by atoms with Crippen LogP contribution in [0.3, 0.4) is 0 Å². The Balaban J connectivity index is 2.04. The van der Waals surface area contributed by atoms with Crippen LogP contribution in [0.5, 0.6) is 0 Å². The topological polar surface area (TPSA) is 66.0 Å². The molecule has 0 aromatic carbocycles. The summed E-state index contributed by atoms with van der Waals surface area (Å²) in [7, 11) is 0. The number of nitrogens with one attached hydrogen (secondary N) is 1. The van der Waals surface area contributed by atoms with Gasteiger partial charge in [0.25, 0.3) is 0 Å². The van der Waals surface area contributed by atoms with Crippen molar-refractivity contribution in [2.24, 2.45) is 5.73 Å². The van der Waals surface area contributed by atoms with Crippen molar-refractivity contribution in [1.29, 1.82) is 5.41 Å². The minimum absolute atomic E-state index is 0.155. The molecule has 4 heteroatoms. The third-order valence-electron chi connectivity index (χ3n) is 4.90. The van der Waals surface area contributed by atoms with Crippen LogP contribution in [0.15, 0.2) is 6.07 Å². The summed E-state index contributed by atoms with van der Waals surface area (Å²) < 4.78 is 0. The minimum atomic E-state index is 0.155. The largest absolute Gasteiger partial charge is 0.384 e. The van der Waals surface area contributed by atoms with Crippen LogP contribution in [0.4, 0.5) is 5.82 Å². The molecule has 1 fully saturated rings. The summed E-state index contributed by atoms with van der Waals surface area (Å²) in [6, 6.07) is 2.62. The third-order valence-corrected chi connectivity index (χ3v) is 4.90. The van der Waals surface area contributed by atoms with Crippen LogP contribution >= 0.6 is 0 Å². The maximum Gasteiger partial charge on any atom is 0.140 e. The number of rotatable bonds is 2. The molecule has 0 radical (unpaired) electrons. The summed E-state index contributed by atoms with van der Waals surface area (Å²) in [6.07, 6.45) is 9.61. The number of hydrogen-bond donors (Lipinski definition) is 2. The second-order valence-corrected chi connectivity index (χ2v) is 6.48. The second-order valence-electron chi connectivity index (χ2n) is 6.48. The van der Waals surface area contributed by atoms with Gasteiger partial charge in [-0.25, -0.2) is 4.98 Å². The third kappa shape index (κ3) is 2.89. The molecule has 1 saturated heterocycles. The summed E-state index contributed by atoms with van der Waals surface area (Å²) in [6.45, 7) is 3.31. The predicted octanol–water partition coefficient (Wildman–Crippen LogP) is 3.01. The monoisotopic (exact) mass is 286 g/mol. The number of aryl methyl sites for hydroxylation is 2. The van der Waals surface area contributed by atoms with Gasteiger partial charge in [-0.2, -0.15) is 0 Å². The van der Waals surface area contributed by atoms with Crippen molar-refractivity contribution in [2.45, 2.75) is 64.3 Å². The lowest BCUT2D eigenvalue weighted by molar-refractivity contribution is 0.605. The average Bonchev–Trinajstić information content (AvgIpc) is 2.70. The molecule has 2 heterocycles. The highest BCUT2D eigenvalue weighted by molar-refractivity contribution is 6.00. The van der Waals surface area contributed by atoms with E-state index in [1.807, 2.05) is 0 Å². The van der Waals surface area contributed by atoms with Gasteiger partial charge in [0.05, 0.1) is 5.56 Å². The lowest BCUT2D eigenvalue weighted by Gasteiger charge is -2.31. The molecule has 2 aliphatic rings. The molecular weight excluding hydrogens is 260 g/mol. The first-order valence-corrected chi connectivity index (χ1v) is 8.30. The number of nitrogens with zero attached hydrogens (tertiary/aromatic N) is 2. The molecule has 1 aliphatic heterocycles. The van der Waals surface area contributed by atoms with E-state index in [-0.39, 0.29) is 5.84 Å². The fourth-order valence-electron chi connectivity index (χ4n) is 3.63. The van der Waals surface area contributed by atoms with Gasteiger partial charge in [-0.15, -0.1) is 0 Å². The van der Waals surface area contributed by atoms with E-state index >= 15 is 0 Å². The molecule has 0 amide bonds. The fraction of sp³-hybridized carbons (Fsp3) is 0.647. The average molecular weight is 286 g/mol. The molecule has 114 valence electrons. The molecule has 1 aromatic rings. The Morgan fingerprint density at radius 1 is 1.24 bits per heavy atom. The molecule has 4 nitrogen and oxygen atoms in total. The van der Waals surface area contributed by atoms with Crippen LogP contribution in [0.25, 0.3) is 0 Å². The summed E-state index contributed by atoms with van der Waals surface area (Å²) >= 11 is 0. The number of amidine groups is 1. The van der Waals surface area contributed by atoms with Gasteiger partial charge >= 0.3 is 0 Å². The van der Waals surface area contributed by atoms with Crippen molar-refractivity contribution < 1.29 is 0 Å². The van der Waals surface area contributed by atoms with Crippen molar-refractivity contribution in [3.05, 3.63) is 22.9 Å². The first kappa shape index (κ1) is 14.4. The first-order valence-electron chi connectivity index (χ1n) is 8.30. The molecule has 0 bridgehead atoms. The zero-order valence-corrected chi connectivity index (χ0v) is 13.0. The van der Waals surface area contributed by atoms with E-state index in [9.17, 15) is 0 Å². The molecule has 21 heavy (non-hydrogen) atoms. The van der Waals surface area contributed by atoms with Gasteiger partial charge in [0.15, 0.2) is 0 Å². The van der Waals surface area contributed by atoms with Crippen LogP contribution in [0, 0.1) is 5.41 Å². The van der Waals surface area contributed by atoms with E-state index < -0.39 is 0 Å². The highest BCUT2D eigenvalue weighted by Gasteiger charge is 2.24. The Morgan fingerprint density at radius 2 is 2.05 bits per heavy atom. The van der Waals surface area contributed by atoms with Gasteiger partial charge in [0.2, 0.25) is 0 Å². The molecule has 1 unspecified atom stereocenters. The van der Waals surface area contributed by atoms with Crippen molar-refractivity contribution in [1.82, 2.24) is 4.98 Å². The molecule has 3 N–H and O–H groups in total. The fourth-order valence-corrected chi connectivity index (χ4v) is 3.63. The predicted molar refractivity (Wildman–Crippen MR) is 87.2 cm³/mol. The van der Waals surface area contributed by atoms with Crippen LogP contribution in [0.2, 0.25) is 0 Å². The van der Waals surface area contributed by atoms with Crippen LogP contribution in [-0.2, 0) is 12.8 Å². The lowest BCUT2D eigenvalue weighted by atomic mass is 9.94. The summed E-state index contributed by atoms with van der Waals surface area (Å²) in [5, 5.41) is 7.94. The standard InChI is InChI=1S/C17H26N4/c1-12-7-3-2-6-10-21(12)17-14(16(18)19)11-13-8-4-5-9-15(13)20-17/h11-12H,2-10H2,1H3,(H3,18,19). The van der Waals surface area contributed by atoms with Crippen LogP contribution in [-0.4, -0.2) is 23.4 Å². The van der Waals surface area contributed by atoms with Gasteiger partial charge in [0, 0.05) is 18.3 Å². The molecule has 0 saturated carbocycles. The number of fused-ring (bicyclic) bond motifs is 1. The first-order chi connectivity index (χ1) is 10.2. The van der Waals surface area contributed by atoms with Gasteiger partial charge in [-0.3, -0.25) is 5.41 Å². The molecule has 1 aliphatic carbocycles. The molecular formula is C17H26N4. The number of aromatic nitrogens is 1. The highest BCUT2D eigenvalue weighted by atomic mass is 15.2. The van der Waals surface area contributed by atoms with Gasteiger partial charge < -0.3 is 10.6 Å². The molecule has 1 aromatic heterocycles. The van der Waals surface area contributed by atoms with Crippen molar-refractivity contribution in [2.75, 3.05) is 11.4 Å². The van der Waals surface area contributed by atoms with Gasteiger partial charge in [-0.05, 0) is 57.1 Å². The summed E-state index contributed by atoms with van der Waals surface area (Å²) in [5.41, 5.74) is 9.23. The number of hydrogen-bond acceptors (Lipinski definition) is 3. The summed E-state index contributed by atoms with van der Waals surface area (Å²) in [4.78, 5) is 7.34. The van der Waals surface area contributed by atoms with Gasteiger partial charge in [-0.1, -0.05) is 12.8 Å². The van der Waals surface area contributed by atoms with Crippen LogP contribution in [0.1, 0.15) is 62.3 Å². The smallest absolute Gasteiger partial charge is 0.140 e. The Labute approximate surface area is 127 Å². The molecule has 1 atom stereocenters. The van der Waals surface area contributed by atoms with E-state index in [0.717, 1.165) is 30.8 Å². The molecule has 3 rings (SSSR count). The van der Waals surface area contributed by atoms with E-state index in [2.05, 4.69) is 17.9 Å². The lowest BCUT2D eigenvalue weighted by Crippen LogP contribution is -2.35. The normalized spacial score (nSPS) is 22.5. The number of anilines is 1. The minimum Gasteiger partial charge on any atom is -0.384 e. The molecule has 0 spiro atoms. The van der Waals surface area contributed by atoms with Gasteiger partial charge in [0.1, 0.15) is 11.7 Å². The Bertz CT molecular complexity index is 538. The zero-order chi connectivity index (χ0) is 14.8. The number of nitrogens with two attached hydrogens (primary N) is 1. The number of pyridine rings is 1. The highest BCUT2D eigenvalue weighted by Crippen LogP contribution is 2.30. The Hall–Kier alpha value is -1.58. The van der Waals surface area contributed by atoms with E-state index in [1.54, 1.807) is 0 Å². The second kappa shape index (κ2) is 6.04. The quantitative estimate of drug-likeness (QED) is 0.649. The van der Waals surface area contributed by atoms with Crippen molar-refractivity contribution >= 4 is 11.7 Å². The Morgan fingerprint density at radius 3 is 2.86 bits per heavy atom. The van der Waals surface area contributed by atoms with E-state index in [4.69, 9.17) is 16.1 Å². The SMILES string of the molecule is CC1CCCCCN1c1nc2c(cc1C(=N)N)CCCC2. The van der Waals surface area contributed by atoms with E-state index in [0.29, 0.717) is 6.04 Å².